The third-order valence-electron chi connectivity index (χ3n) is 2.90. The monoisotopic (exact) mass is 327 g/mol. The first-order chi connectivity index (χ1) is 10.9. The molecule has 23 heavy (non-hydrogen) atoms. The lowest BCUT2D eigenvalue weighted by molar-refractivity contribution is -0.104. The third-order valence-corrected chi connectivity index (χ3v) is 2.90. The molecule has 1 unspecified atom stereocenters. The van der Waals surface area contributed by atoms with Crippen LogP contribution in [0.4, 0.5) is 0 Å². The Balaban J connectivity index is -0.000000151. The van der Waals surface area contributed by atoms with E-state index in [2.05, 4.69) is 33.8 Å². The highest BCUT2D eigenvalue weighted by molar-refractivity contribution is 5.64. The average molecular weight is 328 g/mol. The highest BCUT2D eigenvalue weighted by atomic mass is 16.1. The number of nitrogens with two attached hydrogens (primary N) is 1. The summed E-state index contributed by atoms with van der Waals surface area (Å²) < 4.78 is 0. The van der Waals surface area contributed by atoms with E-state index in [0.717, 1.165) is 32.0 Å². The highest BCUT2D eigenvalue weighted by Crippen LogP contribution is 2.16. The van der Waals surface area contributed by atoms with Gasteiger partial charge in [0.25, 0.3) is 0 Å². The van der Waals surface area contributed by atoms with Gasteiger partial charge in [0.05, 0.1) is 0 Å². The summed E-state index contributed by atoms with van der Waals surface area (Å²) in [5.74, 6) is 0. The fourth-order valence-electron chi connectivity index (χ4n) is 1.08. The van der Waals surface area contributed by atoms with Crippen molar-refractivity contribution in [2.75, 3.05) is 0 Å². The SMILES string of the molecule is C/C=C\CC(N)CCC/C=C/C=O.CC.CC.CCC(C)(C)C. The minimum atomic E-state index is 0.265. The van der Waals surface area contributed by atoms with Gasteiger partial charge in [0, 0.05) is 6.04 Å². The van der Waals surface area contributed by atoms with Crippen molar-refractivity contribution in [1.82, 2.24) is 0 Å². The summed E-state index contributed by atoms with van der Waals surface area (Å²) >= 11 is 0. The van der Waals surface area contributed by atoms with Crippen LogP contribution in [0.2, 0.25) is 0 Å². The number of hydrogen-bond donors (Lipinski definition) is 1. The minimum absolute atomic E-state index is 0.265. The smallest absolute Gasteiger partial charge is 0.142 e. The van der Waals surface area contributed by atoms with Gasteiger partial charge in [-0.2, -0.15) is 0 Å². The molecule has 2 nitrogen and oxygen atoms in total. The summed E-state index contributed by atoms with van der Waals surface area (Å²) in [7, 11) is 0. The van der Waals surface area contributed by atoms with Crippen LogP contribution in [0, 0.1) is 5.41 Å². The zero-order valence-electron chi connectivity index (χ0n) is 17.5. The number of unbranched alkanes of at least 4 members (excludes halogenated alkanes) is 1. The van der Waals surface area contributed by atoms with Crippen molar-refractivity contribution < 1.29 is 4.79 Å². The van der Waals surface area contributed by atoms with Crippen LogP contribution in [0.25, 0.3) is 0 Å². The summed E-state index contributed by atoms with van der Waals surface area (Å²) in [5, 5.41) is 0. The highest BCUT2D eigenvalue weighted by Gasteiger charge is 2.03. The fraction of sp³-hybridized carbons (Fsp3) is 0.762. The Hall–Kier alpha value is -0.890. The fourth-order valence-corrected chi connectivity index (χ4v) is 1.08. The van der Waals surface area contributed by atoms with Crippen LogP contribution in [-0.4, -0.2) is 12.3 Å². The topological polar surface area (TPSA) is 43.1 Å². The van der Waals surface area contributed by atoms with Gasteiger partial charge >= 0.3 is 0 Å². The maximum atomic E-state index is 9.92. The third kappa shape index (κ3) is 44.9. The number of carbonyl (C=O) groups excluding carboxylic acids is 1. The molecular weight excluding hydrogens is 282 g/mol. The molecule has 0 aromatic heterocycles. The molecule has 2 heteroatoms. The number of rotatable bonds is 7. The molecule has 0 saturated carbocycles. The van der Waals surface area contributed by atoms with Crippen molar-refractivity contribution in [1.29, 1.82) is 0 Å². The van der Waals surface area contributed by atoms with Crippen molar-refractivity contribution in [3.63, 3.8) is 0 Å². The first kappa shape index (κ1) is 30.0. The van der Waals surface area contributed by atoms with E-state index < -0.39 is 0 Å². The Morgan fingerprint density at radius 1 is 1.04 bits per heavy atom. The van der Waals surface area contributed by atoms with E-state index in [1.54, 1.807) is 0 Å². The second-order valence-corrected chi connectivity index (χ2v) is 5.97. The number of allylic oxidation sites excluding steroid dienone is 3. The lowest BCUT2D eigenvalue weighted by Crippen LogP contribution is -2.18. The summed E-state index contributed by atoms with van der Waals surface area (Å²) in [5.41, 5.74) is 6.37. The summed E-state index contributed by atoms with van der Waals surface area (Å²) in [6.07, 6.45) is 13.6. The van der Waals surface area contributed by atoms with Crippen LogP contribution >= 0.6 is 0 Å². The predicted molar refractivity (Wildman–Crippen MR) is 109 cm³/mol. The van der Waals surface area contributed by atoms with Gasteiger partial charge in [-0.25, -0.2) is 0 Å². The van der Waals surface area contributed by atoms with E-state index >= 15 is 0 Å². The number of hydrogen-bond acceptors (Lipinski definition) is 2. The molecule has 0 bridgehead atoms. The summed E-state index contributed by atoms with van der Waals surface area (Å²) in [4.78, 5) is 9.92. The molecule has 0 amide bonds. The second-order valence-electron chi connectivity index (χ2n) is 5.97. The number of aldehydes is 1. The molecule has 140 valence electrons. The predicted octanol–water partition coefficient (Wildman–Crippen LogP) is 6.70. The first-order valence-electron chi connectivity index (χ1n) is 9.34. The van der Waals surface area contributed by atoms with E-state index in [4.69, 9.17) is 5.73 Å². The van der Waals surface area contributed by atoms with Gasteiger partial charge in [-0.1, -0.05) is 80.0 Å². The van der Waals surface area contributed by atoms with Gasteiger partial charge in [-0.15, -0.1) is 0 Å². The van der Waals surface area contributed by atoms with Gasteiger partial charge in [0.15, 0.2) is 0 Å². The van der Waals surface area contributed by atoms with Crippen molar-refractivity contribution in [2.45, 2.75) is 100 Å². The van der Waals surface area contributed by atoms with E-state index in [0.29, 0.717) is 5.41 Å². The molecule has 0 spiro atoms. The summed E-state index contributed by atoms with van der Waals surface area (Å²) in [6.45, 7) is 18.9. The van der Waals surface area contributed by atoms with Crippen LogP contribution in [0.1, 0.15) is 94.4 Å². The van der Waals surface area contributed by atoms with E-state index in [1.807, 2.05) is 46.8 Å². The molecular formula is C21H45NO. The zero-order chi connectivity index (χ0) is 19.1. The average Bonchev–Trinajstić information content (AvgIpc) is 2.56. The Morgan fingerprint density at radius 3 is 1.87 bits per heavy atom. The maximum Gasteiger partial charge on any atom is 0.142 e. The molecule has 1 atom stereocenters. The first-order valence-corrected chi connectivity index (χ1v) is 9.34. The normalized spacial score (nSPS) is 11.6. The Labute approximate surface area is 147 Å². The van der Waals surface area contributed by atoms with Gasteiger partial charge in [0.1, 0.15) is 6.29 Å². The van der Waals surface area contributed by atoms with Gasteiger partial charge < -0.3 is 5.73 Å². The van der Waals surface area contributed by atoms with Gasteiger partial charge in [0.2, 0.25) is 0 Å². The molecule has 0 aliphatic heterocycles. The molecule has 0 radical (unpaired) electrons. The van der Waals surface area contributed by atoms with Gasteiger partial charge in [-0.05, 0) is 44.1 Å². The Morgan fingerprint density at radius 2 is 1.52 bits per heavy atom. The van der Waals surface area contributed by atoms with Crippen LogP contribution < -0.4 is 5.73 Å². The molecule has 0 aliphatic carbocycles. The van der Waals surface area contributed by atoms with Gasteiger partial charge in [-0.3, -0.25) is 4.79 Å². The molecule has 0 heterocycles. The molecule has 0 rings (SSSR count). The number of carbonyl (C=O) groups is 1. The zero-order valence-corrected chi connectivity index (χ0v) is 17.5. The molecule has 0 aromatic carbocycles. The van der Waals surface area contributed by atoms with Crippen LogP contribution in [-0.2, 0) is 4.79 Å². The molecule has 2 N–H and O–H groups in total. The lowest BCUT2D eigenvalue weighted by Gasteiger charge is -2.12. The van der Waals surface area contributed by atoms with E-state index in [9.17, 15) is 4.79 Å². The van der Waals surface area contributed by atoms with Crippen LogP contribution in [0.3, 0.4) is 0 Å². The quantitative estimate of drug-likeness (QED) is 0.245. The Kier molecular flexibility index (Phi) is 34.0. The second kappa shape index (κ2) is 26.0. The molecule has 0 saturated heterocycles. The largest absolute Gasteiger partial charge is 0.327 e. The van der Waals surface area contributed by atoms with E-state index in [1.165, 1.54) is 12.5 Å². The van der Waals surface area contributed by atoms with E-state index in [-0.39, 0.29) is 6.04 Å². The maximum absolute atomic E-state index is 9.92. The molecule has 0 aliphatic rings. The van der Waals surface area contributed by atoms with Crippen LogP contribution in [0.15, 0.2) is 24.3 Å². The minimum Gasteiger partial charge on any atom is -0.327 e. The van der Waals surface area contributed by atoms with Crippen molar-refractivity contribution in [2.24, 2.45) is 11.1 Å². The molecule has 0 aromatic rings. The Bertz CT molecular complexity index is 249. The van der Waals surface area contributed by atoms with Crippen molar-refractivity contribution >= 4 is 6.29 Å². The van der Waals surface area contributed by atoms with Crippen LogP contribution in [0.5, 0.6) is 0 Å². The van der Waals surface area contributed by atoms with Crippen molar-refractivity contribution in [3.05, 3.63) is 24.3 Å². The molecule has 0 fully saturated rings. The lowest BCUT2D eigenvalue weighted by atomic mass is 9.94. The standard InChI is InChI=1S/C11H19NO.C6H14.2C2H6/c1-2-3-8-11(12)9-6-4-5-7-10-13;1-5-6(2,3)4;2*1-2/h2-3,5,7,10-11H,4,6,8-9,12H2,1H3;5H2,1-4H3;2*1-2H3/b3-2-,7-5+;;;. The summed E-state index contributed by atoms with van der Waals surface area (Å²) in [6, 6.07) is 0.265. The van der Waals surface area contributed by atoms with Crippen molar-refractivity contribution in [3.8, 4) is 0 Å².